The third kappa shape index (κ3) is 4.82. The number of nitrogens with two attached hydrogens (primary N) is 1. The summed E-state index contributed by atoms with van der Waals surface area (Å²) in [5.74, 6) is -3.48. The normalized spacial score (nSPS) is 20.5. The van der Waals surface area contributed by atoms with Crippen LogP contribution in [0.15, 0.2) is 47.4 Å². The summed E-state index contributed by atoms with van der Waals surface area (Å²) in [5.41, 5.74) is 6.42. The second kappa shape index (κ2) is 10.6. The second-order valence-corrected chi connectivity index (χ2v) is 12.2. The van der Waals surface area contributed by atoms with E-state index in [1.165, 1.54) is 38.5 Å². The molecule has 5 rings (SSSR count). The summed E-state index contributed by atoms with van der Waals surface area (Å²) in [6.07, 6.45) is 2.53. The molecule has 3 aromatic rings. The van der Waals surface area contributed by atoms with E-state index >= 15 is 8.78 Å². The average molecular weight is 597 g/mol. The molecule has 2 N–H and O–H groups in total. The van der Waals surface area contributed by atoms with E-state index in [1.54, 1.807) is 11.0 Å². The summed E-state index contributed by atoms with van der Waals surface area (Å²) >= 11 is 6.36. The number of methoxy groups -OCH3 is 2. The lowest BCUT2D eigenvalue weighted by molar-refractivity contribution is 0.122. The number of hydrogen-bond acceptors (Lipinski definition) is 7. The van der Waals surface area contributed by atoms with Crippen LogP contribution in [0.1, 0.15) is 24.8 Å². The van der Waals surface area contributed by atoms with Crippen LogP contribution in [0.2, 0.25) is 5.02 Å². The van der Waals surface area contributed by atoms with Crippen molar-refractivity contribution in [3.05, 3.63) is 70.6 Å². The van der Waals surface area contributed by atoms with Gasteiger partial charge in [-0.3, -0.25) is 0 Å². The van der Waals surface area contributed by atoms with Crippen molar-refractivity contribution in [3.63, 3.8) is 0 Å². The SMILES string of the molecule is COc1ccc(CN(c2cccc(F)n2)S(=O)(=O)c2c(F)cc(N3CCC4(CCC4N)C3)c(Cl)c2F)c(OC)c1. The third-order valence-electron chi connectivity index (χ3n) is 7.88. The van der Waals surface area contributed by atoms with E-state index in [9.17, 15) is 12.8 Å². The van der Waals surface area contributed by atoms with Crippen molar-refractivity contribution in [1.29, 1.82) is 0 Å². The monoisotopic (exact) mass is 596 g/mol. The molecule has 1 saturated heterocycles. The number of anilines is 2. The van der Waals surface area contributed by atoms with Crippen LogP contribution in [0.4, 0.5) is 24.7 Å². The van der Waals surface area contributed by atoms with Crippen molar-refractivity contribution in [2.75, 3.05) is 36.5 Å². The summed E-state index contributed by atoms with van der Waals surface area (Å²) in [7, 11) is -2.20. The molecular weight excluding hydrogens is 569 g/mol. The number of halogens is 4. The van der Waals surface area contributed by atoms with Gasteiger partial charge in [-0.05, 0) is 43.5 Å². The zero-order valence-corrected chi connectivity index (χ0v) is 23.4. The first-order valence-corrected chi connectivity index (χ1v) is 14.4. The Morgan fingerprint density at radius 3 is 2.52 bits per heavy atom. The Kier molecular flexibility index (Phi) is 7.53. The van der Waals surface area contributed by atoms with Gasteiger partial charge >= 0.3 is 0 Å². The molecule has 13 heteroatoms. The second-order valence-electron chi connectivity index (χ2n) is 10.0. The quantitative estimate of drug-likeness (QED) is 0.292. The van der Waals surface area contributed by atoms with Crippen molar-refractivity contribution < 1.29 is 31.1 Å². The van der Waals surface area contributed by atoms with Crippen molar-refractivity contribution in [1.82, 2.24) is 4.98 Å². The molecule has 0 amide bonds. The molecule has 2 fully saturated rings. The van der Waals surface area contributed by atoms with Crippen molar-refractivity contribution in [2.45, 2.75) is 36.7 Å². The fourth-order valence-electron chi connectivity index (χ4n) is 5.43. The minimum Gasteiger partial charge on any atom is -0.497 e. The fraction of sp³-hybridized carbons (Fsp3) is 0.370. The molecule has 40 heavy (non-hydrogen) atoms. The average Bonchev–Trinajstić information content (AvgIpc) is 3.40. The van der Waals surface area contributed by atoms with E-state index in [0.29, 0.717) is 28.7 Å². The smallest absolute Gasteiger partial charge is 0.271 e. The predicted octanol–water partition coefficient (Wildman–Crippen LogP) is 4.88. The van der Waals surface area contributed by atoms with E-state index in [2.05, 4.69) is 4.98 Å². The number of rotatable bonds is 8. The molecule has 1 spiro atoms. The van der Waals surface area contributed by atoms with Gasteiger partial charge in [0.2, 0.25) is 5.95 Å². The van der Waals surface area contributed by atoms with E-state index in [0.717, 1.165) is 31.4 Å². The van der Waals surface area contributed by atoms with Gasteiger partial charge in [-0.15, -0.1) is 0 Å². The van der Waals surface area contributed by atoms with E-state index in [1.807, 2.05) is 0 Å². The molecule has 8 nitrogen and oxygen atoms in total. The predicted molar refractivity (Wildman–Crippen MR) is 145 cm³/mol. The molecular formula is C27H28ClF3N4O4S. The number of sulfonamides is 1. The van der Waals surface area contributed by atoms with Gasteiger partial charge in [0.25, 0.3) is 10.0 Å². The number of ether oxygens (including phenoxy) is 2. The Morgan fingerprint density at radius 2 is 1.93 bits per heavy atom. The molecule has 214 valence electrons. The zero-order chi connectivity index (χ0) is 28.8. The van der Waals surface area contributed by atoms with Crippen LogP contribution >= 0.6 is 11.6 Å². The Morgan fingerprint density at radius 1 is 1.15 bits per heavy atom. The first kappa shape index (κ1) is 28.3. The molecule has 1 saturated carbocycles. The molecule has 0 bridgehead atoms. The lowest BCUT2D eigenvalue weighted by atomic mass is 9.64. The first-order chi connectivity index (χ1) is 19.0. The summed E-state index contributed by atoms with van der Waals surface area (Å²) in [6.45, 7) is 0.460. The third-order valence-corrected chi connectivity index (χ3v) is 10.0. The highest BCUT2D eigenvalue weighted by Crippen LogP contribution is 2.49. The van der Waals surface area contributed by atoms with Crippen molar-refractivity contribution in [3.8, 4) is 11.5 Å². The molecule has 2 aliphatic rings. The summed E-state index contributed by atoms with van der Waals surface area (Å²) in [6, 6.07) is 8.99. The van der Waals surface area contributed by atoms with Gasteiger partial charge in [0.1, 0.15) is 28.2 Å². The van der Waals surface area contributed by atoms with Gasteiger partial charge in [-0.2, -0.15) is 4.39 Å². The Hall–Kier alpha value is -3.22. The lowest BCUT2D eigenvalue weighted by Crippen LogP contribution is -2.52. The highest BCUT2D eigenvalue weighted by atomic mass is 35.5. The minimum absolute atomic E-state index is 0.00658. The topological polar surface area (TPSA) is 98.0 Å². The van der Waals surface area contributed by atoms with Crippen molar-refractivity contribution in [2.24, 2.45) is 11.1 Å². The van der Waals surface area contributed by atoms with Gasteiger partial charge in [0, 0.05) is 42.2 Å². The lowest BCUT2D eigenvalue weighted by Gasteiger charge is -2.45. The zero-order valence-electron chi connectivity index (χ0n) is 21.8. The highest BCUT2D eigenvalue weighted by molar-refractivity contribution is 7.92. The minimum atomic E-state index is -5.01. The maximum atomic E-state index is 15.8. The molecule has 2 aromatic carbocycles. The largest absolute Gasteiger partial charge is 0.497 e. The fourth-order valence-corrected chi connectivity index (χ4v) is 7.27. The van der Waals surface area contributed by atoms with Crippen LogP contribution < -0.4 is 24.4 Å². The van der Waals surface area contributed by atoms with Gasteiger partial charge in [-0.25, -0.2) is 26.5 Å². The maximum absolute atomic E-state index is 15.8. The molecule has 1 aliphatic heterocycles. The molecule has 2 heterocycles. The Bertz CT molecular complexity index is 1560. The molecule has 2 atom stereocenters. The van der Waals surface area contributed by atoms with Gasteiger partial charge in [0.05, 0.1) is 26.5 Å². The van der Waals surface area contributed by atoms with E-state index < -0.39 is 49.9 Å². The van der Waals surface area contributed by atoms with Gasteiger partial charge < -0.3 is 20.1 Å². The first-order valence-electron chi connectivity index (χ1n) is 12.5. The van der Waals surface area contributed by atoms with Crippen LogP contribution in [0.3, 0.4) is 0 Å². The van der Waals surface area contributed by atoms with Gasteiger partial charge in [-0.1, -0.05) is 17.7 Å². The van der Waals surface area contributed by atoms with Crippen molar-refractivity contribution >= 4 is 33.1 Å². The highest BCUT2D eigenvalue weighted by Gasteiger charge is 2.49. The molecule has 2 unspecified atom stereocenters. The maximum Gasteiger partial charge on any atom is 0.271 e. The summed E-state index contributed by atoms with van der Waals surface area (Å²) in [5, 5.41) is -0.529. The van der Waals surface area contributed by atoms with Crippen LogP contribution in [0.25, 0.3) is 0 Å². The summed E-state index contributed by atoms with van der Waals surface area (Å²) < 4.78 is 84.6. The van der Waals surface area contributed by atoms with Crippen LogP contribution in [-0.2, 0) is 16.6 Å². The Balaban J connectivity index is 1.58. The number of nitrogens with zero attached hydrogens (tertiary/aromatic N) is 3. The van der Waals surface area contributed by atoms with E-state index in [4.69, 9.17) is 26.8 Å². The number of pyridine rings is 1. The Labute approximate surface area is 235 Å². The molecule has 0 radical (unpaired) electrons. The molecule has 1 aliphatic carbocycles. The van der Waals surface area contributed by atoms with Crippen LogP contribution in [0.5, 0.6) is 11.5 Å². The number of benzene rings is 2. The van der Waals surface area contributed by atoms with Gasteiger partial charge in [0.15, 0.2) is 10.7 Å². The molecule has 1 aromatic heterocycles. The van der Waals surface area contributed by atoms with Crippen LogP contribution in [0, 0.1) is 23.0 Å². The number of hydrogen-bond donors (Lipinski definition) is 1. The van der Waals surface area contributed by atoms with Crippen LogP contribution in [-0.4, -0.2) is 46.8 Å². The number of aromatic nitrogens is 1. The van der Waals surface area contributed by atoms with E-state index in [-0.39, 0.29) is 22.9 Å². The standard InChI is InChI=1S/C27H28ClF3N4O4S/c1-38-17-7-6-16(20(12-17)39-2)14-35(23-5-3-4-22(30)33-23)40(36,37)26-18(29)13-19(24(28)25(26)31)34-11-10-27(15-34)9-8-21(27)32/h3-7,12-13,21H,8-11,14-15,32H2,1-2H3. The summed E-state index contributed by atoms with van der Waals surface area (Å²) in [4.78, 5) is 4.13.